The molecule has 18 heavy (non-hydrogen) atoms. The van der Waals surface area contributed by atoms with Crippen LogP contribution in [0.15, 0.2) is 24.3 Å². The van der Waals surface area contributed by atoms with Gasteiger partial charge in [0.1, 0.15) is 12.6 Å². The maximum absolute atomic E-state index is 12.0. The Kier molecular flexibility index (Phi) is 3.84. The van der Waals surface area contributed by atoms with Gasteiger partial charge in [-0.1, -0.05) is 11.6 Å². The highest BCUT2D eigenvalue weighted by molar-refractivity contribution is 6.30. The average molecular weight is 269 g/mol. The van der Waals surface area contributed by atoms with Crippen LogP contribution in [0.5, 0.6) is 0 Å². The first-order valence-corrected chi connectivity index (χ1v) is 5.97. The highest BCUT2D eigenvalue weighted by atomic mass is 35.5. The summed E-state index contributed by atoms with van der Waals surface area (Å²) >= 11 is 5.78. The second-order valence-electron chi connectivity index (χ2n) is 4.03. The van der Waals surface area contributed by atoms with E-state index in [9.17, 15) is 9.59 Å². The third kappa shape index (κ3) is 2.63. The number of carbonyl (C=O) groups is 2. The maximum atomic E-state index is 12.0. The lowest BCUT2D eigenvalue weighted by atomic mass is 10.2. The Morgan fingerprint density at radius 2 is 2.11 bits per heavy atom. The SMILES string of the molecule is O=C(CO)NC1CCN(c2ccc(Cl)cc2)C1=O. The summed E-state index contributed by atoms with van der Waals surface area (Å²) in [4.78, 5) is 24.7. The summed E-state index contributed by atoms with van der Waals surface area (Å²) < 4.78 is 0. The Morgan fingerprint density at radius 3 is 2.72 bits per heavy atom. The molecule has 1 unspecified atom stereocenters. The summed E-state index contributed by atoms with van der Waals surface area (Å²) in [6.07, 6.45) is 0.535. The van der Waals surface area contributed by atoms with Gasteiger partial charge in [-0.3, -0.25) is 9.59 Å². The van der Waals surface area contributed by atoms with E-state index in [-0.39, 0.29) is 5.91 Å². The molecule has 6 heteroatoms. The van der Waals surface area contributed by atoms with Gasteiger partial charge >= 0.3 is 0 Å². The van der Waals surface area contributed by atoms with Crippen LogP contribution in [0, 0.1) is 0 Å². The predicted octanol–water partition coefficient (Wildman–Crippen LogP) is 0.554. The van der Waals surface area contributed by atoms with Gasteiger partial charge in [0.2, 0.25) is 11.8 Å². The molecule has 0 bridgehead atoms. The molecule has 1 aromatic rings. The zero-order chi connectivity index (χ0) is 13.1. The number of rotatable bonds is 3. The molecule has 0 aliphatic carbocycles. The van der Waals surface area contributed by atoms with Gasteiger partial charge in [0, 0.05) is 17.3 Å². The molecule has 1 fully saturated rings. The number of nitrogens with one attached hydrogen (secondary N) is 1. The number of benzene rings is 1. The molecule has 0 aromatic heterocycles. The monoisotopic (exact) mass is 268 g/mol. The Bertz CT molecular complexity index is 461. The van der Waals surface area contributed by atoms with Crippen molar-refractivity contribution in [2.24, 2.45) is 0 Å². The molecule has 1 saturated heterocycles. The number of amides is 2. The molecule has 0 radical (unpaired) electrons. The van der Waals surface area contributed by atoms with Crippen LogP contribution in [-0.2, 0) is 9.59 Å². The van der Waals surface area contributed by atoms with Gasteiger partial charge < -0.3 is 15.3 Å². The second kappa shape index (κ2) is 5.37. The first kappa shape index (κ1) is 12.9. The lowest BCUT2D eigenvalue weighted by Gasteiger charge is -2.17. The van der Waals surface area contributed by atoms with Crippen LogP contribution in [0.1, 0.15) is 6.42 Å². The number of halogens is 1. The number of carbonyl (C=O) groups excluding carboxylic acids is 2. The molecule has 1 aliphatic heterocycles. The van der Waals surface area contributed by atoms with Crippen LogP contribution in [0.3, 0.4) is 0 Å². The smallest absolute Gasteiger partial charge is 0.249 e. The molecular formula is C12H13ClN2O3. The zero-order valence-corrected chi connectivity index (χ0v) is 10.4. The molecular weight excluding hydrogens is 256 g/mol. The Labute approximate surface area is 109 Å². The molecule has 0 spiro atoms. The van der Waals surface area contributed by atoms with E-state index in [0.29, 0.717) is 18.0 Å². The fourth-order valence-corrected chi connectivity index (χ4v) is 2.06. The second-order valence-corrected chi connectivity index (χ2v) is 4.47. The number of aliphatic hydroxyl groups excluding tert-OH is 1. The predicted molar refractivity (Wildman–Crippen MR) is 67.4 cm³/mol. The minimum absolute atomic E-state index is 0.167. The largest absolute Gasteiger partial charge is 0.387 e. The van der Waals surface area contributed by atoms with Crippen LogP contribution in [-0.4, -0.2) is 36.1 Å². The van der Waals surface area contributed by atoms with Crippen molar-refractivity contribution in [3.05, 3.63) is 29.3 Å². The van der Waals surface area contributed by atoms with Crippen molar-refractivity contribution in [3.63, 3.8) is 0 Å². The van der Waals surface area contributed by atoms with E-state index in [4.69, 9.17) is 16.7 Å². The van der Waals surface area contributed by atoms with Gasteiger partial charge in [0.05, 0.1) is 0 Å². The molecule has 1 heterocycles. The maximum Gasteiger partial charge on any atom is 0.249 e. The van der Waals surface area contributed by atoms with Gasteiger partial charge in [0.25, 0.3) is 0 Å². The van der Waals surface area contributed by atoms with Crippen LogP contribution < -0.4 is 10.2 Å². The minimum atomic E-state index is -0.606. The fraction of sp³-hybridized carbons (Fsp3) is 0.333. The lowest BCUT2D eigenvalue weighted by molar-refractivity contribution is -0.128. The van der Waals surface area contributed by atoms with E-state index >= 15 is 0 Å². The van der Waals surface area contributed by atoms with Gasteiger partial charge in [-0.15, -0.1) is 0 Å². The summed E-state index contributed by atoms with van der Waals surface area (Å²) in [5, 5.41) is 11.7. The topological polar surface area (TPSA) is 69.6 Å². The van der Waals surface area contributed by atoms with Gasteiger partial charge in [-0.2, -0.15) is 0 Å². The molecule has 1 aromatic carbocycles. The summed E-state index contributed by atoms with van der Waals surface area (Å²) in [5.74, 6) is -0.703. The van der Waals surface area contributed by atoms with Crippen LogP contribution >= 0.6 is 11.6 Å². The molecule has 1 aliphatic rings. The average Bonchev–Trinajstić information content (AvgIpc) is 2.72. The molecule has 1 atom stereocenters. The van der Waals surface area contributed by atoms with Gasteiger partial charge in [-0.25, -0.2) is 0 Å². The molecule has 5 nitrogen and oxygen atoms in total. The van der Waals surface area contributed by atoms with E-state index in [1.54, 1.807) is 29.2 Å². The Morgan fingerprint density at radius 1 is 1.44 bits per heavy atom. The molecule has 2 rings (SSSR count). The van der Waals surface area contributed by atoms with Crippen molar-refractivity contribution >= 4 is 29.1 Å². The van der Waals surface area contributed by atoms with Crippen molar-refractivity contribution in [1.82, 2.24) is 5.32 Å². The Hall–Kier alpha value is -1.59. The molecule has 0 saturated carbocycles. The highest BCUT2D eigenvalue weighted by Crippen LogP contribution is 2.23. The van der Waals surface area contributed by atoms with Crippen LogP contribution in [0.2, 0.25) is 5.02 Å². The van der Waals surface area contributed by atoms with Crippen molar-refractivity contribution in [1.29, 1.82) is 0 Å². The zero-order valence-electron chi connectivity index (χ0n) is 9.60. The fourth-order valence-electron chi connectivity index (χ4n) is 1.93. The third-order valence-electron chi connectivity index (χ3n) is 2.82. The van der Waals surface area contributed by atoms with E-state index < -0.39 is 18.6 Å². The number of hydrogen-bond donors (Lipinski definition) is 2. The van der Waals surface area contributed by atoms with E-state index in [1.165, 1.54) is 0 Å². The first-order valence-electron chi connectivity index (χ1n) is 5.59. The summed E-state index contributed by atoms with van der Waals surface area (Å²) in [6, 6.07) is 6.39. The van der Waals surface area contributed by atoms with E-state index in [1.807, 2.05) is 0 Å². The van der Waals surface area contributed by atoms with Crippen LogP contribution in [0.4, 0.5) is 5.69 Å². The standard InChI is InChI=1S/C12H13ClN2O3/c13-8-1-3-9(4-2-8)15-6-5-10(12(15)18)14-11(17)7-16/h1-4,10,16H,5-7H2,(H,14,17). The van der Waals surface area contributed by atoms with Crippen LogP contribution in [0.25, 0.3) is 0 Å². The van der Waals surface area contributed by atoms with Crippen molar-refractivity contribution in [3.8, 4) is 0 Å². The van der Waals surface area contributed by atoms with Crippen molar-refractivity contribution in [2.45, 2.75) is 12.5 Å². The normalized spacial score (nSPS) is 19.1. The molecule has 2 amide bonds. The van der Waals surface area contributed by atoms with Gasteiger partial charge in [-0.05, 0) is 30.7 Å². The van der Waals surface area contributed by atoms with Gasteiger partial charge in [0.15, 0.2) is 0 Å². The summed E-state index contributed by atoms with van der Waals surface area (Å²) in [7, 11) is 0. The van der Waals surface area contributed by atoms with E-state index in [2.05, 4.69) is 5.32 Å². The van der Waals surface area contributed by atoms with Crippen molar-refractivity contribution < 1.29 is 14.7 Å². The summed E-state index contributed by atoms with van der Waals surface area (Å²) in [5.41, 5.74) is 0.755. The van der Waals surface area contributed by atoms with Crippen molar-refractivity contribution in [2.75, 3.05) is 18.1 Å². The Balaban J connectivity index is 2.07. The third-order valence-corrected chi connectivity index (χ3v) is 3.07. The quantitative estimate of drug-likeness (QED) is 0.841. The number of aliphatic hydroxyl groups is 1. The molecule has 2 N–H and O–H groups in total. The lowest BCUT2D eigenvalue weighted by Crippen LogP contribution is -2.42. The van der Waals surface area contributed by atoms with E-state index in [0.717, 1.165) is 5.69 Å². The number of hydrogen-bond acceptors (Lipinski definition) is 3. The highest BCUT2D eigenvalue weighted by Gasteiger charge is 2.33. The number of anilines is 1. The first-order chi connectivity index (χ1) is 8.61. The molecule has 96 valence electrons. The minimum Gasteiger partial charge on any atom is -0.387 e. The summed E-state index contributed by atoms with van der Waals surface area (Å²) in [6.45, 7) is -0.0679. The number of nitrogens with zero attached hydrogens (tertiary/aromatic N) is 1.